The van der Waals surface area contributed by atoms with E-state index >= 15 is 0 Å². The highest BCUT2D eigenvalue weighted by Gasteiger charge is 2.20. The molecule has 0 rings (SSSR count). The average Bonchev–Trinajstić information content (AvgIpc) is 3.44. The van der Waals surface area contributed by atoms with E-state index < -0.39 is 12.1 Å². The standard InChI is InChI=1S/C72H141NO5/c1-3-5-7-9-11-13-15-17-19-20-34-37-40-44-48-52-56-60-64-70(75)69(68-74)73-71(76)65-61-57-53-49-45-41-38-35-32-30-28-26-24-22-21-23-25-27-29-31-33-36-39-43-47-51-55-59-63-67-78-72(77)66-62-58-54-50-46-42-18-16-14-12-10-8-6-4-2/h21,23,69-70,74-75H,3-20,22,24-68H2,1-2H3,(H,73,76)/b23-21-. The minimum Gasteiger partial charge on any atom is -0.466 e. The zero-order valence-electron chi connectivity index (χ0n) is 53.2. The highest BCUT2D eigenvalue weighted by Crippen LogP contribution is 2.19. The normalized spacial score (nSPS) is 12.5. The van der Waals surface area contributed by atoms with Crippen molar-refractivity contribution in [2.24, 2.45) is 0 Å². The maximum atomic E-state index is 12.5. The van der Waals surface area contributed by atoms with Crippen LogP contribution in [0.4, 0.5) is 0 Å². The number of rotatable bonds is 68. The van der Waals surface area contributed by atoms with Crippen molar-refractivity contribution in [1.29, 1.82) is 0 Å². The molecule has 0 bridgehead atoms. The van der Waals surface area contributed by atoms with Gasteiger partial charge in [-0.25, -0.2) is 0 Å². The molecule has 0 aliphatic carbocycles. The topological polar surface area (TPSA) is 95.9 Å². The van der Waals surface area contributed by atoms with Crippen LogP contribution in [0.2, 0.25) is 0 Å². The van der Waals surface area contributed by atoms with E-state index in [1.54, 1.807) is 0 Å². The Morgan fingerprint density at radius 1 is 0.346 bits per heavy atom. The van der Waals surface area contributed by atoms with E-state index in [9.17, 15) is 19.8 Å². The van der Waals surface area contributed by atoms with Crippen molar-refractivity contribution in [3.63, 3.8) is 0 Å². The van der Waals surface area contributed by atoms with Crippen LogP contribution in [0.25, 0.3) is 0 Å². The van der Waals surface area contributed by atoms with Gasteiger partial charge in [-0.05, 0) is 51.4 Å². The Labute approximate surface area is 489 Å². The molecule has 1 amide bonds. The van der Waals surface area contributed by atoms with Gasteiger partial charge in [-0.2, -0.15) is 0 Å². The molecule has 0 aromatic heterocycles. The van der Waals surface area contributed by atoms with Crippen LogP contribution >= 0.6 is 0 Å². The van der Waals surface area contributed by atoms with Crippen LogP contribution in [0.5, 0.6) is 0 Å². The monoisotopic (exact) mass is 1100 g/mol. The minimum absolute atomic E-state index is 0.0198. The molecule has 6 nitrogen and oxygen atoms in total. The Kier molecular flexibility index (Phi) is 66.9. The molecule has 3 N–H and O–H groups in total. The van der Waals surface area contributed by atoms with Crippen LogP contribution in [0.1, 0.15) is 412 Å². The predicted molar refractivity (Wildman–Crippen MR) is 343 cm³/mol. The highest BCUT2D eigenvalue weighted by molar-refractivity contribution is 5.76. The number of amides is 1. The maximum Gasteiger partial charge on any atom is 0.305 e. The summed E-state index contributed by atoms with van der Waals surface area (Å²) < 4.78 is 5.49. The first-order chi connectivity index (χ1) is 38.5. The summed E-state index contributed by atoms with van der Waals surface area (Å²) in [6.07, 6.45) is 84.1. The summed E-state index contributed by atoms with van der Waals surface area (Å²) in [6, 6.07) is -0.541. The van der Waals surface area contributed by atoms with Gasteiger partial charge in [0.1, 0.15) is 0 Å². The summed E-state index contributed by atoms with van der Waals surface area (Å²) >= 11 is 0. The second kappa shape index (κ2) is 68.1. The number of unbranched alkanes of at least 4 members (excludes halogenated alkanes) is 55. The maximum absolute atomic E-state index is 12.5. The fourth-order valence-corrected chi connectivity index (χ4v) is 11.6. The Morgan fingerprint density at radius 3 is 0.910 bits per heavy atom. The second-order valence-corrected chi connectivity index (χ2v) is 24.9. The number of allylic oxidation sites excluding steroid dienone is 2. The third-order valence-corrected chi connectivity index (χ3v) is 17.1. The molecule has 78 heavy (non-hydrogen) atoms. The molecule has 0 aromatic carbocycles. The van der Waals surface area contributed by atoms with Crippen LogP contribution in [-0.2, 0) is 14.3 Å². The summed E-state index contributed by atoms with van der Waals surface area (Å²) in [7, 11) is 0. The molecular weight excluding hydrogens is 959 g/mol. The van der Waals surface area contributed by atoms with Crippen molar-refractivity contribution in [3.8, 4) is 0 Å². The second-order valence-electron chi connectivity index (χ2n) is 24.9. The lowest BCUT2D eigenvalue weighted by Gasteiger charge is -2.22. The fraction of sp³-hybridized carbons (Fsp3) is 0.944. The predicted octanol–water partition coefficient (Wildman–Crippen LogP) is 23.1. The number of ether oxygens (including phenoxy) is 1. The molecule has 0 heterocycles. The lowest BCUT2D eigenvalue weighted by atomic mass is 10.0. The zero-order chi connectivity index (χ0) is 56.4. The molecular formula is C72H141NO5. The van der Waals surface area contributed by atoms with E-state index in [1.807, 2.05) is 0 Å². The van der Waals surface area contributed by atoms with Crippen molar-refractivity contribution in [3.05, 3.63) is 12.2 Å². The molecule has 0 saturated carbocycles. The van der Waals surface area contributed by atoms with Crippen LogP contribution in [0.15, 0.2) is 12.2 Å². The molecule has 0 saturated heterocycles. The molecule has 0 aromatic rings. The number of carbonyl (C=O) groups excluding carboxylic acids is 2. The van der Waals surface area contributed by atoms with Crippen molar-refractivity contribution >= 4 is 11.9 Å². The van der Waals surface area contributed by atoms with Crippen molar-refractivity contribution in [2.75, 3.05) is 13.2 Å². The minimum atomic E-state index is -0.663. The molecule has 2 unspecified atom stereocenters. The van der Waals surface area contributed by atoms with Crippen LogP contribution in [0.3, 0.4) is 0 Å². The van der Waals surface area contributed by atoms with E-state index in [2.05, 4.69) is 31.3 Å². The van der Waals surface area contributed by atoms with Crippen molar-refractivity contribution in [2.45, 2.75) is 424 Å². The third-order valence-electron chi connectivity index (χ3n) is 17.1. The number of nitrogens with one attached hydrogen (secondary N) is 1. The Bertz CT molecular complexity index is 1180. The Hall–Kier alpha value is -1.40. The summed E-state index contributed by atoms with van der Waals surface area (Å²) in [5, 5.41) is 23.4. The van der Waals surface area contributed by atoms with Gasteiger partial charge in [0.05, 0.1) is 25.4 Å². The lowest BCUT2D eigenvalue weighted by molar-refractivity contribution is -0.143. The lowest BCUT2D eigenvalue weighted by Crippen LogP contribution is -2.45. The molecule has 0 radical (unpaired) electrons. The summed E-state index contributed by atoms with van der Waals surface area (Å²) in [4.78, 5) is 24.6. The summed E-state index contributed by atoms with van der Waals surface area (Å²) in [5.41, 5.74) is 0. The number of aliphatic hydroxyl groups is 2. The van der Waals surface area contributed by atoms with E-state index in [4.69, 9.17) is 4.74 Å². The molecule has 464 valence electrons. The van der Waals surface area contributed by atoms with Gasteiger partial charge in [-0.15, -0.1) is 0 Å². The molecule has 0 fully saturated rings. The van der Waals surface area contributed by atoms with Gasteiger partial charge in [0.2, 0.25) is 5.91 Å². The van der Waals surface area contributed by atoms with Gasteiger partial charge in [0, 0.05) is 12.8 Å². The number of hydrogen-bond donors (Lipinski definition) is 3. The molecule has 6 heteroatoms. The van der Waals surface area contributed by atoms with E-state index in [0.717, 1.165) is 38.5 Å². The van der Waals surface area contributed by atoms with Gasteiger partial charge in [-0.3, -0.25) is 9.59 Å². The number of hydrogen-bond acceptors (Lipinski definition) is 5. The smallest absolute Gasteiger partial charge is 0.305 e. The quantitative estimate of drug-likeness (QED) is 0.0320. The molecule has 0 spiro atoms. The summed E-state index contributed by atoms with van der Waals surface area (Å²) in [5.74, 6) is -0.00999. The first-order valence-corrected chi connectivity index (χ1v) is 35.9. The van der Waals surface area contributed by atoms with Crippen molar-refractivity contribution < 1.29 is 24.5 Å². The van der Waals surface area contributed by atoms with E-state index in [1.165, 1.54) is 340 Å². The molecule has 2 atom stereocenters. The average molecular weight is 1100 g/mol. The number of carbonyl (C=O) groups is 2. The van der Waals surface area contributed by atoms with Crippen molar-refractivity contribution in [1.82, 2.24) is 5.32 Å². The Morgan fingerprint density at radius 2 is 0.603 bits per heavy atom. The fourth-order valence-electron chi connectivity index (χ4n) is 11.6. The largest absolute Gasteiger partial charge is 0.466 e. The van der Waals surface area contributed by atoms with Crippen LogP contribution in [-0.4, -0.2) is 47.4 Å². The van der Waals surface area contributed by atoms with E-state index in [0.29, 0.717) is 25.9 Å². The van der Waals surface area contributed by atoms with Gasteiger partial charge in [-0.1, -0.05) is 360 Å². The first-order valence-electron chi connectivity index (χ1n) is 35.9. The third kappa shape index (κ3) is 63.8. The van der Waals surface area contributed by atoms with Gasteiger partial charge >= 0.3 is 5.97 Å². The number of esters is 1. The van der Waals surface area contributed by atoms with Gasteiger partial charge < -0.3 is 20.3 Å². The van der Waals surface area contributed by atoms with Crippen LogP contribution < -0.4 is 5.32 Å². The zero-order valence-corrected chi connectivity index (χ0v) is 53.2. The van der Waals surface area contributed by atoms with Gasteiger partial charge in [0.25, 0.3) is 0 Å². The SMILES string of the molecule is CCCCCCCCCCCCCCCCCCCCC(O)C(CO)NC(=O)CCCCCCCCCCCCCCC/C=C\CCCCCCCCCCCCCCOC(=O)CCCCCCCCCCCCCCCC. The Balaban J connectivity index is 3.36. The highest BCUT2D eigenvalue weighted by atomic mass is 16.5. The van der Waals surface area contributed by atoms with Gasteiger partial charge in [0.15, 0.2) is 0 Å². The van der Waals surface area contributed by atoms with Crippen LogP contribution in [0, 0.1) is 0 Å². The molecule has 0 aliphatic heterocycles. The molecule has 0 aliphatic rings. The summed E-state index contributed by atoms with van der Waals surface area (Å²) in [6.45, 7) is 5.00. The number of aliphatic hydroxyl groups excluding tert-OH is 2. The first kappa shape index (κ1) is 76.6. The van der Waals surface area contributed by atoms with E-state index in [-0.39, 0.29) is 18.5 Å².